The second kappa shape index (κ2) is 8.42. The van der Waals surface area contributed by atoms with Crippen molar-refractivity contribution in [3.63, 3.8) is 0 Å². The van der Waals surface area contributed by atoms with Crippen LogP contribution in [0.25, 0.3) is 11.5 Å². The van der Waals surface area contributed by atoms with Crippen molar-refractivity contribution >= 4 is 5.91 Å². The predicted octanol–water partition coefficient (Wildman–Crippen LogP) is 1.90. The van der Waals surface area contributed by atoms with Crippen molar-refractivity contribution < 1.29 is 13.9 Å². The molecule has 1 aromatic carbocycles. The van der Waals surface area contributed by atoms with Crippen LogP contribution in [0.2, 0.25) is 0 Å². The lowest BCUT2D eigenvalue weighted by molar-refractivity contribution is -0.121. The Morgan fingerprint density at radius 1 is 1.19 bits per heavy atom. The molecule has 1 aromatic heterocycles. The van der Waals surface area contributed by atoms with Gasteiger partial charge in [0.05, 0.1) is 13.2 Å². The first-order valence-electron chi connectivity index (χ1n) is 9.02. The third-order valence-corrected chi connectivity index (χ3v) is 4.64. The summed E-state index contributed by atoms with van der Waals surface area (Å²) in [7, 11) is 0. The molecule has 1 saturated heterocycles. The normalized spacial score (nSPS) is 15.8. The Balaban J connectivity index is 1.45. The van der Waals surface area contributed by atoms with Crippen LogP contribution in [0.15, 0.2) is 34.7 Å². The highest BCUT2D eigenvalue weighted by Gasteiger charge is 2.28. The van der Waals surface area contributed by atoms with Crippen LogP contribution in [0.5, 0.6) is 0 Å². The summed E-state index contributed by atoms with van der Waals surface area (Å²) < 4.78 is 11.0. The van der Waals surface area contributed by atoms with Gasteiger partial charge in [0.15, 0.2) is 0 Å². The minimum absolute atomic E-state index is 0.00852. The summed E-state index contributed by atoms with van der Waals surface area (Å²) in [6.45, 7) is 8.17. The standard InChI is InChI=1S/C19H26N4O3/c1-19(2,23-10-12-25-13-11-23)14-20-16(24)8-9-17-21-22-18(26-17)15-6-4-3-5-7-15/h3-7H,8-14H2,1-2H3,(H,20,24). The Hall–Kier alpha value is -2.25. The number of hydrogen-bond donors (Lipinski definition) is 1. The molecule has 1 N–H and O–H groups in total. The van der Waals surface area contributed by atoms with E-state index in [0.29, 0.717) is 31.2 Å². The van der Waals surface area contributed by atoms with Crippen molar-refractivity contribution in [1.29, 1.82) is 0 Å². The zero-order chi connectivity index (χ0) is 18.4. The summed E-state index contributed by atoms with van der Waals surface area (Å²) in [6.07, 6.45) is 0.763. The van der Waals surface area contributed by atoms with Gasteiger partial charge in [0.25, 0.3) is 0 Å². The maximum atomic E-state index is 12.2. The van der Waals surface area contributed by atoms with E-state index >= 15 is 0 Å². The first-order chi connectivity index (χ1) is 12.5. The molecule has 1 amide bonds. The van der Waals surface area contributed by atoms with Crippen LogP contribution in [0, 0.1) is 0 Å². The minimum Gasteiger partial charge on any atom is -0.421 e. The number of carbonyl (C=O) groups excluding carboxylic acids is 1. The molecule has 7 heteroatoms. The largest absolute Gasteiger partial charge is 0.421 e. The Labute approximate surface area is 153 Å². The highest BCUT2D eigenvalue weighted by Crippen LogP contribution is 2.18. The molecule has 0 spiro atoms. The van der Waals surface area contributed by atoms with Gasteiger partial charge in [-0.2, -0.15) is 0 Å². The molecule has 2 aromatic rings. The van der Waals surface area contributed by atoms with Crippen LogP contribution in [-0.4, -0.2) is 59.4 Å². The molecular formula is C19H26N4O3. The second-order valence-corrected chi connectivity index (χ2v) is 7.06. The number of rotatable bonds is 7. The van der Waals surface area contributed by atoms with Gasteiger partial charge in [-0.15, -0.1) is 10.2 Å². The van der Waals surface area contributed by atoms with Crippen molar-refractivity contribution in [2.75, 3.05) is 32.8 Å². The predicted molar refractivity (Wildman–Crippen MR) is 97.5 cm³/mol. The average Bonchev–Trinajstić information content (AvgIpc) is 3.15. The van der Waals surface area contributed by atoms with Crippen molar-refractivity contribution in [1.82, 2.24) is 20.4 Å². The molecule has 0 saturated carbocycles. The fourth-order valence-corrected chi connectivity index (χ4v) is 2.96. The molecule has 26 heavy (non-hydrogen) atoms. The Bertz CT molecular complexity index is 709. The molecule has 1 aliphatic rings. The number of aryl methyl sites for hydroxylation is 1. The molecule has 2 heterocycles. The molecule has 1 fully saturated rings. The van der Waals surface area contributed by atoms with E-state index < -0.39 is 0 Å². The maximum absolute atomic E-state index is 12.2. The maximum Gasteiger partial charge on any atom is 0.247 e. The van der Waals surface area contributed by atoms with Crippen LogP contribution in [-0.2, 0) is 16.0 Å². The van der Waals surface area contributed by atoms with Crippen molar-refractivity contribution in [2.24, 2.45) is 0 Å². The minimum atomic E-state index is -0.0929. The SMILES string of the molecule is CC(C)(CNC(=O)CCc1nnc(-c2ccccc2)o1)N1CCOCC1. The highest BCUT2D eigenvalue weighted by molar-refractivity contribution is 5.76. The number of nitrogens with one attached hydrogen (secondary N) is 1. The molecule has 0 radical (unpaired) electrons. The van der Waals surface area contributed by atoms with E-state index in [4.69, 9.17) is 9.15 Å². The number of ether oxygens (including phenoxy) is 1. The van der Waals surface area contributed by atoms with E-state index in [1.54, 1.807) is 0 Å². The van der Waals surface area contributed by atoms with E-state index in [1.165, 1.54) is 0 Å². The summed E-state index contributed by atoms with van der Waals surface area (Å²) in [5, 5.41) is 11.1. The fraction of sp³-hybridized carbons (Fsp3) is 0.526. The van der Waals surface area contributed by atoms with Crippen LogP contribution in [0.4, 0.5) is 0 Å². The van der Waals surface area contributed by atoms with Crippen LogP contribution < -0.4 is 5.32 Å². The van der Waals surface area contributed by atoms with E-state index in [0.717, 1.165) is 31.9 Å². The molecule has 7 nitrogen and oxygen atoms in total. The number of benzene rings is 1. The first-order valence-corrected chi connectivity index (χ1v) is 9.02. The first kappa shape index (κ1) is 18.5. The van der Waals surface area contributed by atoms with E-state index in [-0.39, 0.29) is 11.4 Å². The van der Waals surface area contributed by atoms with Gasteiger partial charge in [0, 0.05) is 43.6 Å². The molecule has 140 valence electrons. The second-order valence-electron chi connectivity index (χ2n) is 7.06. The Kier molecular flexibility index (Phi) is 6.00. The smallest absolute Gasteiger partial charge is 0.247 e. The number of aromatic nitrogens is 2. The van der Waals surface area contributed by atoms with Crippen molar-refractivity contribution in [2.45, 2.75) is 32.2 Å². The summed E-state index contributed by atoms with van der Waals surface area (Å²) >= 11 is 0. The third-order valence-electron chi connectivity index (χ3n) is 4.64. The highest BCUT2D eigenvalue weighted by atomic mass is 16.5. The number of morpholine rings is 1. The molecule has 0 atom stereocenters. The quantitative estimate of drug-likeness (QED) is 0.814. The van der Waals surface area contributed by atoms with Gasteiger partial charge in [0.2, 0.25) is 17.7 Å². The van der Waals surface area contributed by atoms with Crippen LogP contribution in [0.1, 0.15) is 26.2 Å². The lowest BCUT2D eigenvalue weighted by Crippen LogP contribution is -2.55. The lowest BCUT2D eigenvalue weighted by atomic mass is 10.0. The van der Waals surface area contributed by atoms with Gasteiger partial charge in [-0.1, -0.05) is 18.2 Å². The molecule has 0 bridgehead atoms. The summed E-state index contributed by atoms with van der Waals surface area (Å²) in [5.74, 6) is 0.951. The van der Waals surface area contributed by atoms with Gasteiger partial charge in [-0.05, 0) is 26.0 Å². The molecule has 1 aliphatic heterocycles. The number of nitrogens with zero attached hydrogens (tertiary/aromatic N) is 3. The number of hydrogen-bond acceptors (Lipinski definition) is 6. The number of amides is 1. The zero-order valence-electron chi connectivity index (χ0n) is 15.4. The van der Waals surface area contributed by atoms with Gasteiger partial charge in [0.1, 0.15) is 0 Å². The van der Waals surface area contributed by atoms with Gasteiger partial charge < -0.3 is 14.5 Å². The Morgan fingerprint density at radius 2 is 1.92 bits per heavy atom. The van der Waals surface area contributed by atoms with Crippen LogP contribution >= 0.6 is 0 Å². The van der Waals surface area contributed by atoms with Gasteiger partial charge in [-0.25, -0.2) is 0 Å². The fourth-order valence-electron chi connectivity index (χ4n) is 2.96. The monoisotopic (exact) mass is 358 g/mol. The molecule has 3 rings (SSSR count). The third kappa shape index (κ3) is 4.89. The molecule has 0 aliphatic carbocycles. The Morgan fingerprint density at radius 3 is 2.65 bits per heavy atom. The van der Waals surface area contributed by atoms with Gasteiger partial charge >= 0.3 is 0 Å². The number of carbonyl (C=O) groups is 1. The van der Waals surface area contributed by atoms with E-state index in [1.807, 2.05) is 30.3 Å². The van der Waals surface area contributed by atoms with Crippen LogP contribution in [0.3, 0.4) is 0 Å². The molecular weight excluding hydrogens is 332 g/mol. The average molecular weight is 358 g/mol. The topological polar surface area (TPSA) is 80.5 Å². The van der Waals surface area contributed by atoms with E-state index in [2.05, 4.69) is 34.3 Å². The summed E-state index contributed by atoms with van der Waals surface area (Å²) in [6, 6.07) is 9.60. The van der Waals surface area contributed by atoms with Gasteiger partial charge in [-0.3, -0.25) is 9.69 Å². The zero-order valence-corrected chi connectivity index (χ0v) is 15.4. The van der Waals surface area contributed by atoms with E-state index in [9.17, 15) is 4.79 Å². The summed E-state index contributed by atoms with van der Waals surface area (Å²) in [4.78, 5) is 14.5. The van der Waals surface area contributed by atoms with Crippen molar-refractivity contribution in [3.05, 3.63) is 36.2 Å². The summed E-state index contributed by atoms with van der Waals surface area (Å²) in [5.41, 5.74) is 0.785. The van der Waals surface area contributed by atoms with Crippen molar-refractivity contribution in [3.8, 4) is 11.5 Å². The lowest BCUT2D eigenvalue weighted by Gasteiger charge is -2.40. The molecule has 0 unspecified atom stereocenters.